The number of hydrogen-bond donors (Lipinski definition) is 1. The van der Waals surface area contributed by atoms with E-state index in [9.17, 15) is 0 Å². The van der Waals surface area contributed by atoms with Gasteiger partial charge in [-0.3, -0.25) is 4.90 Å². The maximum absolute atomic E-state index is 5.76. The van der Waals surface area contributed by atoms with Gasteiger partial charge in [0, 0.05) is 31.9 Å². The normalized spacial score (nSPS) is 19.8. The Morgan fingerprint density at radius 1 is 1.08 bits per heavy atom. The van der Waals surface area contributed by atoms with Crippen LogP contribution in [0.1, 0.15) is 0 Å². The minimum absolute atomic E-state index is 0.157. The Morgan fingerprint density at radius 3 is 2.60 bits per heavy atom. The van der Waals surface area contributed by atoms with E-state index in [0.717, 1.165) is 32.1 Å². The van der Waals surface area contributed by atoms with Crippen LogP contribution < -0.4 is 10.1 Å². The molecule has 4 rings (SSSR count). The summed E-state index contributed by atoms with van der Waals surface area (Å²) in [7, 11) is 0. The van der Waals surface area contributed by atoms with E-state index in [1.54, 1.807) is 12.3 Å². The van der Waals surface area contributed by atoms with Crippen molar-refractivity contribution in [3.63, 3.8) is 0 Å². The SMILES string of the molecule is c1ccc(Oc2ccnc(NCC34COCCN3CCOC4)n2)cc1. The Hall–Kier alpha value is -2.22. The fraction of sp³-hybridized carbons (Fsp3) is 0.444. The molecule has 0 bridgehead atoms. The van der Waals surface area contributed by atoms with Crippen molar-refractivity contribution < 1.29 is 14.2 Å². The number of fused-ring (bicyclic) bond motifs is 1. The van der Waals surface area contributed by atoms with Crippen molar-refractivity contribution in [2.75, 3.05) is 51.4 Å². The lowest BCUT2D eigenvalue weighted by Crippen LogP contribution is -2.66. The second kappa shape index (κ2) is 7.35. The largest absolute Gasteiger partial charge is 0.439 e. The molecule has 7 heteroatoms. The Labute approximate surface area is 146 Å². The first-order chi connectivity index (χ1) is 12.3. The van der Waals surface area contributed by atoms with Gasteiger partial charge in [0.25, 0.3) is 0 Å². The molecule has 2 saturated heterocycles. The lowest BCUT2D eigenvalue weighted by Gasteiger charge is -2.49. The van der Waals surface area contributed by atoms with Gasteiger partial charge in [-0.2, -0.15) is 4.98 Å². The minimum Gasteiger partial charge on any atom is -0.439 e. The highest BCUT2D eigenvalue weighted by molar-refractivity contribution is 5.32. The number of para-hydroxylation sites is 1. The molecule has 0 atom stereocenters. The lowest BCUT2D eigenvalue weighted by molar-refractivity contribution is -0.135. The fourth-order valence-electron chi connectivity index (χ4n) is 3.24. The molecule has 1 aromatic carbocycles. The molecule has 2 aromatic rings. The summed E-state index contributed by atoms with van der Waals surface area (Å²) in [5.41, 5.74) is -0.157. The Balaban J connectivity index is 1.43. The third kappa shape index (κ3) is 3.73. The average molecular weight is 342 g/mol. The van der Waals surface area contributed by atoms with Gasteiger partial charge in [-0.25, -0.2) is 4.98 Å². The van der Waals surface area contributed by atoms with E-state index in [-0.39, 0.29) is 5.54 Å². The Kier molecular flexibility index (Phi) is 4.78. The van der Waals surface area contributed by atoms with Crippen molar-refractivity contribution in [1.82, 2.24) is 14.9 Å². The summed E-state index contributed by atoms with van der Waals surface area (Å²) in [5.74, 6) is 1.80. The van der Waals surface area contributed by atoms with Gasteiger partial charge < -0.3 is 19.5 Å². The van der Waals surface area contributed by atoms with E-state index in [2.05, 4.69) is 20.2 Å². The number of hydrogen-bond acceptors (Lipinski definition) is 7. The van der Waals surface area contributed by atoms with Gasteiger partial charge in [-0.05, 0) is 12.1 Å². The van der Waals surface area contributed by atoms with Gasteiger partial charge in [0.15, 0.2) is 0 Å². The zero-order chi connectivity index (χ0) is 17.0. The first-order valence-corrected chi connectivity index (χ1v) is 8.54. The molecular weight excluding hydrogens is 320 g/mol. The van der Waals surface area contributed by atoms with Gasteiger partial charge in [-0.15, -0.1) is 0 Å². The Morgan fingerprint density at radius 2 is 1.84 bits per heavy atom. The summed E-state index contributed by atoms with van der Waals surface area (Å²) in [4.78, 5) is 11.2. The highest BCUT2D eigenvalue weighted by Gasteiger charge is 2.42. The molecule has 132 valence electrons. The highest BCUT2D eigenvalue weighted by Crippen LogP contribution is 2.25. The molecule has 0 saturated carbocycles. The standard InChI is InChI=1S/C18H22N4O3/c1-2-4-15(5-3-1)25-16-6-7-19-17(21-16)20-12-18-13-23-10-8-22(18)9-11-24-14-18/h1-7H,8-14H2,(H,19,20,21). The molecule has 2 fully saturated rings. The molecule has 0 aliphatic carbocycles. The molecule has 2 aliphatic rings. The maximum Gasteiger partial charge on any atom is 0.226 e. The molecule has 1 aromatic heterocycles. The molecule has 0 unspecified atom stereocenters. The van der Waals surface area contributed by atoms with Crippen LogP contribution in [0.4, 0.5) is 5.95 Å². The van der Waals surface area contributed by atoms with Crippen molar-refractivity contribution in [3.8, 4) is 11.6 Å². The first kappa shape index (κ1) is 16.3. The second-order valence-electron chi connectivity index (χ2n) is 6.30. The average Bonchev–Trinajstić information content (AvgIpc) is 2.68. The van der Waals surface area contributed by atoms with E-state index < -0.39 is 0 Å². The lowest BCUT2D eigenvalue weighted by atomic mass is 9.96. The number of benzene rings is 1. The zero-order valence-electron chi connectivity index (χ0n) is 14.1. The third-order valence-corrected chi connectivity index (χ3v) is 4.59. The highest BCUT2D eigenvalue weighted by atomic mass is 16.5. The van der Waals surface area contributed by atoms with Crippen LogP contribution in [0, 0.1) is 0 Å². The summed E-state index contributed by atoms with van der Waals surface area (Å²) >= 11 is 0. The molecule has 25 heavy (non-hydrogen) atoms. The van der Waals surface area contributed by atoms with E-state index in [4.69, 9.17) is 14.2 Å². The van der Waals surface area contributed by atoms with Crippen LogP contribution >= 0.6 is 0 Å². The number of anilines is 1. The first-order valence-electron chi connectivity index (χ1n) is 8.54. The van der Waals surface area contributed by atoms with Gasteiger partial charge in [0.1, 0.15) is 5.75 Å². The number of ether oxygens (including phenoxy) is 3. The fourth-order valence-corrected chi connectivity index (χ4v) is 3.24. The van der Waals surface area contributed by atoms with Crippen molar-refractivity contribution in [1.29, 1.82) is 0 Å². The van der Waals surface area contributed by atoms with Crippen LogP contribution in [0.5, 0.6) is 11.6 Å². The smallest absolute Gasteiger partial charge is 0.226 e. The van der Waals surface area contributed by atoms with Crippen molar-refractivity contribution in [2.45, 2.75) is 5.54 Å². The van der Waals surface area contributed by atoms with Crippen LogP contribution in [0.3, 0.4) is 0 Å². The number of morpholine rings is 2. The molecule has 2 aliphatic heterocycles. The number of aromatic nitrogens is 2. The van der Waals surface area contributed by atoms with Crippen LogP contribution in [-0.4, -0.2) is 66.5 Å². The third-order valence-electron chi connectivity index (χ3n) is 4.59. The molecule has 0 spiro atoms. The van der Waals surface area contributed by atoms with E-state index in [0.29, 0.717) is 31.6 Å². The summed E-state index contributed by atoms with van der Waals surface area (Å²) in [6, 6.07) is 11.3. The molecule has 0 amide bonds. The summed E-state index contributed by atoms with van der Waals surface area (Å²) < 4.78 is 17.2. The van der Waals surface area contributed by atoms with Gasteiger partial charge >= 0.3 is 0 Å². The quantitative estimate of drug-likeness (QED) is 0.888. The van der Waals surface area contributed by atoms with E-state index in [1.807, 2.05) is 30.3 Å². The number of nitrogens with one attached hydrogen (secondary N) is 1. The molecule has 7 nitrogen and oxygen atoms in total. The topological polar surface area (TPSA) is 68.7 Å². The Bertz CT molecular complexity index is 686. The molecule has 1 N–H and O–H groups in total. The number of nitrogens with zero attached hydrogens (tertiary/aromatic N) is 3. The second-order valence-corrected chi connectivity index (χ2v) is 6.30. The summed E-state index contributed by atoms with van der Waals surface area (Å²) in [6.07, 6.45) is 1.69. The maximum atomic E-state index is 5.76. The predicted molar refractivity (Wildman–Crippen MR) is 93.0 cm³/mol. The van der Waals surface area contributed by atoms with Gasteiger partial charge in [0.05, 0.1) is 32.0 Å². The van der Waals surface area contributed by atoms with Gasteiger partial charge in [-0.1, -0.05) is 18.2 Å². The zero-order valence-corrected chi connectivity index (χ0v) is 14.1. The van der Waals surface area contributed by atoms with E-state index in [1.165, 1.54) is 0 Å². The van der Waals surface area contributed by atoms with Crippen molar-refractivity contribution in [3.05, 3.63) is 42.6 Å². The van der Waals surface area contributed by atoms with Crippen LogP contribution in [0.2, 0.25) is 0 Å². The monoisotopic (exact) mass is 342 g/mol. The summed E-state index contributed by atoms with van der Waals surface area (Å²) in [5, 5.41) is 3.33. The van der Waals surface area contributed by atoms with Crippen LogP contribution in [-0.2, 0) is 9.47 Å². The van der Waals surface area contributed by atoms with E-state index >= 15 is 0 Å². The minimum atomic E-state index is -0.157. The molecular formula is C18H22N4O3. The van der Waals surface area contributed by atoms with Crippen LogP contribution in [0.15, 0.2) is 42.6 Å². The number of rotatable bonds is 5. The molecule has 0 radical (unpaired) electrons. The summed E-state index contributed by atoms with van der Waals surface area (Å²) in [6.45, 7) is 5.39. The molecule has 3 heterocycles. The van der Waals surface area contributed by atoms with Crippen molar-refractivity contribution in [2.24, 2.45) is 0 Å². The van der Waals surface area contributed by atoms with Crippen LogP contribution in [0.25, 0.3) is 0 Å². The van der Waals surface area contributed by atoms with Crippen molar-refractivity contribution >= 4 is 5.95 Å². The van der Waals surface area contributed by atoms with Gasteiger partial charge in [0.2, 0.25) is 11.8 Å². The predicted octanol–water partition coefficient (Wildman–Crippen LogP) is 1.78.